The topological polar surface area (TPSA) is 79.4 Å². The van der Waals surface area contributed by atoms with Gasteiger partial charge in [0.1, 0.15) is 0 Å². The molecule has 1 saturated heterocycles. The zero-order valence-electron chi connectivity index (χ0n) is 16.8. The van der Waals surface area contributed by atoms with Crippen molar-refractivity contribution in [3.63, 3.8) is 0 Å². The highest BCUT2D eigenvalue weighted by atomic mass is 32.1. The fourth-order valence-electron chi connectivity index (χ4n) is 3.74. The number of rotatable bonds is 5. The molecule has 3 aromatic rings. The summed E-state index contributed by atoms with van der Waals surface area (Å²) in [6, 6.07) is 11.3. The maximum Gasteiger partial charge on any atom is 0.232 e. The van der Waals surface area contributed by atoms with Gasteiger partial charge in [-0.25, -0.2) is 4.98 Å². The van der Waals surface area contributed by atoms with Crippen LogP contribution in [0.3, 0.4) is 0 Å². The number of anilines is 2. The molecular formula is C22H21N3O3S2. The molecule has 1 aliphatic rings. The van der Waals surface area contributed by atoms with E-state index in [2.05, 4.69) is 10.3 Å². The molecule has 0 spiro atoms. The van der Waals surface area contributed by atoms with Crippen molar-refractivity contribution < 1.29 is 14.4 Å². The minimum Gasteiger partial charge on any atom is -0.303 e. The van der Waals surface area contributed by atoms with E-state index in [4.69, 9.17) is 0 Å². The van der Waals surface area contributed by atoms with Crippen LogP contribution in [0.2, 0.25) is 0 Å². The van der Waals surface area contributed by atoms with Crippen LogP contribution in [0.1, 0.15) is 45.2 Å². The lowest BCUT2D eigenvalue weighted by Crippen LogP contribution is -2.31. The van der Waals surface area contributed by atoms with E-state index in [1.54, 1.807) is 11.8 Å². The standard InChI is InChI=1S/C22H21N3O3S2/c1-12-6-8-15(9-7-12)25-18(27)11-16(19(25)17-5-4-10-29-17)21(28)24-22-23-13(2)20(30-22)14(3)26/h4-10,16,19H,11H2,1-3H3,(H,23,24,28)/t16-,19+/m1/s1. The van der Waals surface area contributed by atoms with Crippen LogP contribution in [0, 0.1) is 19.8 Å². The van der Waals surface area contributed by atoms with E-state index in [0.29, 0.717) is 15.7 Å². The molecule has 0 radical (unpaired) electrons. The number of ketones is 1. The highest BCUT2D eigenvalue weighted by molar-refractivity contribution is 7.17. The molecule has 154 valence electrons. The quantitative estimate of drug-likeness (QED) is 0.582. The number of nitrogens with one attached hydrogen (secondary N) is 1. The molecule has 0 unspecified atom stereocenters. The summed E-state index contributed by atoms with van der Waals surface area (Å²) in [5.41, 5.74) is 2.48. The van der Waals surface area contributed by atoms with Gasteiger partial charge < -0.3 is 10.2 Å². The zero-order valence-corrected chi connectivity index (χ0v) is 18.5. The maximum atomic E-state index is 13.2. The third-order valence-electron chi connectivity index (χ3n) is 5.15. The van der Waals surface area contributed by atoms with Crippen LogP contribution in [0.25, 0.3) is 0 Å². The monoisotopic (exact) mass is 439 g/mol. The lowest BCUT2D eigenvalue weighted by atomic mass is 9.97. The van der Waals surface area contributed by atoms with Crippen molar-refractivity contribution in [3.05, 3.63) is 62.8 Å². The predicted octanol–water partition coefficient (Wildman–Crippen LogP) is 4.76. The molecule has 0 saturated carbocycles. The molecule has 4 rings (SSSR count). The molecule has 2 amide bonds. The molecule has 0 aliphatic carbocycles. The summed E-state index contributed by atoms with van der Waals surface area (Å²) in [5, 5.41) is 5.17. The first-order valence-corrected chi connectivity index (χ1v) is 11.3. The van der Waals surface area contributed by atoms with Crippen LogP contribution >= 0.6 is 22.7 Å². The zero-order chi connectivity index (χ0) is 21.4. The Balaban J connectivity index is 1.65. The Kier molecular flexibility index (Phi) is 5.53. The lowest BCUT2D eigenvalue weighted by Gasteiger charge is -2.27. The fraction of sp³-hybridized carbons (Fsp3) is 0.273. The summed E-state index contributed by atoms with van der Waals surface area (Å²) in [5.74, 6) is -0.983. The molecule has 30 heavy (non-hydrogen) atoms. The molecule has 6 nitrogen and oxygen atoms in total. The van der Waals surface area contributed by atoms with Gasteiger partial charge in [0.2, 0.25) is 11.8 Å². The first-order valence-electron chi connectivity index (χ1n) is 9.56. The van der Waals surface area contributed by atoms with Crippen molar-refractivity contribution in [1.82, 2.24) is 4.98 Å². The van der Waals surface area contributed by atoms with Crippen LogP contribution in [-0.4, -0.2) is 22.6 Å². The summed E-state index contributed by atoms with van der Waals surface area (Å²) >= 11 is 2.69. The highest BCUT2D eigenvalue weighted by Crippen LogP contribution is 2.43. The lowest BCUT2D eigenvalue weighted by molar-refractivity contribution is -0.122. The van der Waals surface area contributed by atoms with Crippen LogP contribution in [0.4, 0.5) is 10.8 Å². The van der Waals surface area contributed by atoms with Gasteiger partial charge in [-0.1, -0.05) is 35.1 Å². The SMILES string of the molecule is CC(=O)c1sc(NC(=O)[C@@H]2CC(=O)N(c3ccc(C)cc3)[C@@H]2c2cccs2)nc1C. The summed E-state index contributed by atoms with van der Waals surface area (Å²) < 4.78 is 0. The molecular weight excluding hydrogens is 418 g/mol. The van der Waals surface area contributed by atoms with Gasteiger partial charge in [0, 0.05) is 23.9 Å². The van der Waals surface area contributed by atoms with Gasteiger partial charge in [-0.2, -0.15) is 0 Å². The molecule has 1 aliphatic heterocycles. The maximum absolute atomic E-state index is 13.2. The van der Waals surface area contributed by atoms with Gasteiger partial charge in [0.05, 0.1) is 22.5 Å². The van der Waals surface area contributed by atoms with E-state index in [0.717, 1.165) is 27.5 Å². The fourth-order valence-corrected chi connectivity index (χ4v) is 5.48. The van der Waals surface area contributed by atoms with Gasteiger partial charge >= 0.3 is 0 Å². The number of nitrogens with zero attached hydrogens (tertiary/aromatic N) is 2. The summed E-state index contributed by atoms with van der Waals surface area (Å²) in [6.45, 7) is 5.22. The number of thiazole rings is 1. The third-order valence-corrected chi connectivity index (χ3v) is 7.27. The van der Waals surface area contributed by atoms with Crippen molar-refractivity contribution in [2.24, 2.45) is 5.92 Å². The number of carbonyl (C=O) groups is 3. The van der Waals surface area contributed by atoms with E-state index in [1.165, 1.54) is 18.3 Å². The van der Waals surface area contributed by atoms with Crippen molar-refractivity contribution in [1.29, 1.82) is 0 Å². The predicted molar refractivity (Wildman–Crippen MR) is 119 cm³/mol. The molecule has 1 N–H and O–H groups in total. The minimum absolute atomic E-state index is 0.0800. The number of aromatic nitrogens is 1. The summed E-state index contributed by atoms with van der Waals surface area (Å²) in [6.07, 6.45) is 0.117. The Bertz CT molecular complexity index is 1100. The number of carbonyl (C=O) groups excluding carboxylic acids is 3. The summed E-state index contributed by atoms with van der Waals surface area (Å²) in [4.78, 5) is 45.4. The number of Topliss-reactive ketones (excluding diaryl/α,β-unsaturated/α-hetero) is 1. The minimum atomic E-state index is -0.553. The first-order chi connectivity index (χ1) is 14.3. The average molecular weight is 440 g/mol. The molecule has 0 bridgehead atoms. The second-order valence-corrected chi connectivity index (χ2v) is 9.33. The Morgan fingerprint density at radius 1 is 1.17 bits per heavy atom. The number of amides is 2. The number of aryl methyl sites for hydroxylation is 2. The molecule has 2 aromatic heterocycles. The van der Waals surface area contributed by atoms with Gasteiger partial charge in [-0.15, -0.1) is 11.3 Å². The van der Waals surface area contributed by atoms with Crippen LogP contribution in [0.15, 0.2) is 41.8 Å². The number of hydrogen-bond acceptors (Lipinski definition) is 6. The highest BCUT2D eigenvalue weighted by Gasteiger charge is 2.46. The molecule has 1 fully saturated rings. The Morgan fingerprint density at radius 3 is 2.50 bits per heavy atom. The van der Waals surface area contributed by atoms with E-state index >= 15 is 0 Å². The Morgan fingerprint density at radius 2 is 1.90 bits per heavy atom. The van der Waals surface area contributed by atoms with Gasteiger partial charge in [-0.05, 0) is 37.4 Å². The smallest absolute Gasteiger partial charge is 0.232 e. The normalized spacial score (nSPS) is 18.6. The van der Waals surface area contributed by atoms with Crippen molar-refractivity contribution >= 4 is 51.1 Å². The average Bonchev–Trinajstić information content (AvgIpc) is 3.41. The van der Waals surface area contributed by atoms with Gasteiger partial charge in [0.15, 0.2) is 10.9 Å². The van der Waals surface area contributed by atoms with Gasteiger partial charge in [-0.3, -0.25) is 14.4 Å². The number of thiophene rings is 1. The number of benzene rings is 1. The Hall–Kier alpha value is -2.84. The Labute approximate surface area is 182 Å². The van der Waals surface area contributed by atoms with E-state index < -0.39 is 5.92 Å². The largest absolute Gasteiger partial charge is 0.303 e. The van der Waals surface area contributed by atoms with Crippen molar-refractivity contribution in [2.75, 3.05) is 10.2 Å². The van der Waals surface area contributed by atoms with Crippen LogP contribution in [0.5, 0.6) is 0 Å². The molecule has 2 atom stereocenters. The second kappa shape index (κ2) is 8.12. The van der Waals surface area contributed by atoms with Crippen LogP contribution in [-0.2, 0) is 9.59 Å². The van der Waals surface area contributed by atoms with Crippen LogP contribution < -0.4 is 10.2 Å². The number of hydrogen-bond donors (Lipinski definition) is 1. The molecule has 3 heterocycles. The van der Waals surface area contributed by atoms with Gasteiger partial charge in [0.25, 0.3) is 0 Å². The second-order valence-electron chi connectivity index (χ2n) is 7.35. The van der Waals surface area contributed by atoms with E-state index in [1.807, 2.05) is 48.7 Å². The molecule has 1 aromatic carbocycles. The molecule has 8 heteroatoms. The van der Waals surface area contributed by atoms with Crippen molar-refractivity contribution in [3.8, 4) is 0 Å². The summed E-state index contributed by atoms with van der Waals surface area (Å²) in [7, 11) is 0. The van der Waals surface area contributed by atoms with E-state index in [9.17, 15) is 14.4 Å². The third kappa shape index (κ3) is 3.80. The van der Waals surface area contributed by atoms with Crippen molar-refractivity contribution in [2.45, 2.75) is 33.2 Å². The van der Waals surface area contributed by atoms with E-state index in [-0.39, 0.29) is 30.1 Å². The first kappa shape index (κ1) is 20.4.